The van der Waals surface area contributed by atoms with Crippen molar-refractivity contribution in [1.82, 2.24) is 4.98 Å². The number of nitrogens with zero attached hydrogens (tertiary/aromatic N) is 2. The molecule has 0 aliphatic heterocycles. The van der Waals surface area contributed by atoms with Crippen LogP contribution in [0.2, 0.25) is 0 Å². The van der Waals surface area contributed by atoms with Gasteiger partial charge in [-0.25, -0.2) is 4.98 Å². The molecule has 0 unspecified atom stereocenters. The number of rotatable bonds is 1. The smallest absolute Gasteiger partial charge is 0.195 e. The van der Waals surface area contributed by atoms with Gasteiger partial charge < -0.3 is 0 Å². The number of hydrogen-bond donors (Lipinski definition) is 0. The molecular formula is C13H16N2S2. The Labute approximate surface area is 110 Å². The summed E-state index contributed by atoms with van der Waals surface area (Å²) in [4.78, 5) is 7.13. The fraction of sp³-hybridized carbons (Fsp3) is 0.538. The molecule has 0 aromatic carbocycles. The van der Waals surface area contributed by atoms with E-state index in [2.05, 4.69) is 45.7 Å². The fourth-order valence-electron chi connectivity index (χ4n) is 1.78. The van der Waals surface area contributed by atoms with E-state index in [1.54, 1.807) is 0 Å². The molecule has 2 heterocycles. The molecule has 2 nitrogen and oxygen atoms in total. The number of hydrogen-bond acceptors (Lipinski definition) is 4. The molecule has 0 saturated carbocycles. The van der Waals surface area contributed by atoms with Gasteiger partial charge in [0.05, 0.1) is 10.2 Å². The lowest BCUT2D eigenvalue weighted by molar-refractivity contribution is 0.607. The first kappa shape index (κ1) is 12.5. The van der Waals surface area contributed by atoms with Crippen molar-refractivity contribution < 1.29 is 0 Å². The summed E-state index contributed by atoms with van der Waals surface area (Å²) >= 11 is 3.38. The molecule has 4 heteroatoms. The van der Waals surface area contributed by atoms with Gasteiger partial charge in [-0.05, 0) is 11.3 Å². The van der Waals surface area contributed by atoms with Crippen molar-refractivity contribution in [3.63, 3.8) is 0 Å². The van der Waals surface area contributed by atoms with E-state index in [-0.39, 0.29) is 5.41 Å². The highest BCUT2D eigenvalue weighted by Gasteiger charge is 2.25. The normalized spacial score (nSPS) is 12.3. The van der Waals surface area contributed by atoms with Gasteiger partial charge in [0.15, 0.2) is 5.01 Å². The Morgan fingerprint density at radius 2 is 1.88 bits per heavy atom. The van der Waals surface area contributed by atoms with E-state index in [0.29, 0.717) is 10.9 Å². The van der Waals surface area contributed by atoms with Gasteiger partial charge in [-0.15, -0.1) is 22.7 Å². The molecule has 0 bridgehead atoms. The lowest BCUT2D eigenvalue weighted by Crippen LogP contribution is -2.08. The second kappa shape index (κ2) is 4.08. The Balaban J connectivity index is 2.78. The van der Waals surface area contributed by atoms with Crippen LogP contribution in [0.4, 0.5) is 0 Å². The Morgan fingerprint density at radius 1 is 1.24 bits per heavy atom. The van der Waals surface area contributed by atoms with Crippen LogP contribution in [0.15, 0.2) is 0 Å². The molecule has 0 atom stereocenters. The Morgan fingerprint density at radius 3 is 2.35 bits per heavy atom. The molecule has 2 aromatic heterocycles. The highest BCUT2D eigenvalue weighted by atomic mass is 32.1. The van der Waals surface area contributed by atoms with Crippen LogP contribution in [0, 0.1) is 11.3 Å². The van der Waals surface area contributed by atoms with Crippen LogP contribution < -0.4 is 0 Å². The molecule has 17 heavy (non-hydrogen) atoms. The van der Waals surface area contributed by atoms with Crippen molar-refractivity contribution in [2.24, 2.45) is 0 Å². The van der Waals surface area contributed by atoms with Gasteiger partial charge in [-0.3, -0.25) is 0 Å². The zero-order valence-electron chi connectivity index (χ0n) is 10.8. The van der Waals surface area contributed by atoms with Crippen molar-refractivity contribution in [1.29, 1.82) is 5.26 Å². The molecule has 0 radical (unpaired) electrons. The molecule has 0 amide bonds. The predicted octanol–water partition coefficient (Wildman–Crippen LogP) is 4.65. The number of nitriles is 1. The lowest BCUT2D eigenvalue weighted by atomic mass is 9.94. The standard InChI is InChI=1S/C13H16N2S2/c1-7(2)10-11-9(15-8(6-14)16-11)12(17-10)13(3,4)5/h7H,1-5H3. The Kier molecular flexibility index (Phi) is 3.01. The van der Waals surface area contributed by atoms with E-state index < -0.39 is 0 Å². The van der Waals surface area contributed by atoms with Crippen LogP contribution >= 0.6 is 22.7 Å². The minimum atomic E-state index is 0.0941. The SMILES string of the molecule is CC(C)c1sc(C(C)(C)C)c2nc(C#N)sc12. The van der Waals surface area contributed by atoms with Gasteiger partial charge in [-0.1, -0.05) is 34.6 Å². The highest BCUT2D eigenvalue weighted by Crippen LogP contribution is 2.43. The van der Waals surface area contributed by atoms with Gasteiger partial charge in [0.25, 0.3) is 0 Å². The lowest BCUT2D eigenvalue weighted by Gasteiger charge is -2.15. The Hall–Kier alpha value is -0.920. The molecule has 2 rings (SSSR count). The van der Waals surface area contributed by atoms with E-state index in [1.165, 1.54) is 25.8 Å². The summed E-state index contributed by atoms with van der Waals surface area (Å²) in [5, 5.41) is 9.56. The third-order valence-electron chi connectivity index (χ3n) is 2.58. The maximum Gasteiger partial charge on any atom is 0.195 e. The van der Waals surface area contributed by atoms with Gasteiger partial charge in [0, 0.05) is 9.75 Å². The van der Waals surface area contributed by atoms with Gasteiger partial charge in [0.1, 0.15) is 6.07 Å². The third kappa shape index (κ3) is 2.10. The van der Waals surface area contributed by atoms with E-state index in [1.807, 2.05) is 11.3 Å². The second-order valence-electron chi connectivity index (χ2n) is 5.51. The number of aromatic nitrogens is 1. The molecule has 90 valence electrons. The second-order valence-corrected chi connectivity index (χ2v) is 7.56. The van der Waals surface area contributed by atoms with Crippen molar-refractivity contribution >= 4 is 32.9 Å². The molecule has 0 aliphatic rings. The maximum atomic E-state index is 8.98. The molecule has 0 fully saturated rings. The largest absolute Gasteiger partial charge is 0.225 e. The minimum Gasteiger partial charge on any atom is -0.225 e. The van der Waals surface area contributed by atoms with E-state index in [4.69, 9.17) is 5.26 Å². The summed E-state index contributed by atoms with van der Waals surface area (Å²) in [5.41, 5.74) is 1.14. The van der Waals surface area contributed by atoms with Crippen molar-refractivity contribution in [3.05, 3.63) is 14.8 Å². The zero-order chi connectivity index (χ0) is 12.8. The molecule has 0 saturated heterocycles. The van der Waals surface area contributed by atoms with Crippen molar-refractivity contribution in [3.8, 4) is 6.07 Å². The summed E-state index contributed by atoms with van der Waals surface area (Å²) in [6.07, 6.45) is 0. The average molecular weight is 264 g/mol. The van der Waals surface area contributed by atoms with Crippen LogP contribution in [0.5, 0.6) is 0 Å². The Bertz CT molecular complexity index is 591. The highest BCUT2D eigenvalue weighted by molar-refractivity contribution is 7.24. The summed E-state index contributed by atoms with van der Waals surface area (Å²) < 4.78 is 1.21. The quantitative estimate of drug-likeness (QED) is 0.751. The molecule has 0 spiro atoms. The third-order valence-corrected chi connectivity index (χ3v) is 5.61. The maximum absolute atomic E-state index is 8.98. The van der Waals surface area contributed by atoms with E-state index >= 15 is 0 Å². The molecule has 0 aliphatic carbocycles. The average Bonchev–Trinajstić information content (AvgIpc) is 2.71. The van der Waals surface area contributed by atoms with E-state index in [0.717, 1.165) is 5.52 Å². The molecular weight excluding hydrogens is 248 g/mol. The first-order chi connectivity index (χ1) is 7.84. The summed E-state index contributed by atoms with van der Waals surface area (Å²) in [7, 11) is 0. The van der Waals surface area contributed by atoms with Gasteiger partial charge >= 0.3 is 0 Å². The van der Waals surface area contributed by atoms with E-state index in [9.17, 15) is 0 Å². The number of fused-ring (bicyclic) bond motifs is 1. The van der Waals surface area contributed by atoms with Crippen molar-refractivity contribution in [2.45, 2.75) is 46.0 Å². The first-order valence-electron chi connectivity index (χ1n) is 5.68. The fourth-order valence-corrected chi connectivity index (χ4v) is 4.25. The topological polar surface area (TPSA) is 36.7 Å². The summed E-state index contributed by atoms with van der Waals surface area (Å²) in [5.74, 6) is 0.491. The van der Waals surface area contributed by atoms with Gasteiger partial charge in [0.2, 0.25) is 0 Å². The van der Waals surface area contributed by atoms with Crippen molar-refractivity contribution in [2.75, 3.05) is 0 Å². The van der Waals surface area contributed by atoms with Gasteiger partial charge in [-0.2, -0.15) is 5.26 Å². The monoisotopic (exact) mass is 264 g/mol. The van der Waals surface area contributed by atoms with Crippen LogP contribution in [-0.2, 0) is 5.41 Å². The van der Waals surface area contributed by atoms with Crippen LogP contribution in [0.25, 0.3) is 10.2 Å². The molecule has 2 aromatic rings. The first-order valence-corrected chi connectivity index (χ1v) is 7.31. The minimum absolute atomic E-state index is 0.0941. The number of thiazole rings is 1. The number of thiophene rings is 1. The van der Waals surface area contributed by atoms with Crippen LogP contribution in [0.3, 0.4) is 0 Å². The zero-order valence-corrected chi connectivity index (χ0v) is 12.4. The molecule has 0 N–H and O–H groups in total. The predicted molar refractivity (Wildman–Crippen MR) is 75.0 cm³/mol. The summed E-state index contributed by atoms with van der Waals surface area (Å²) in [6.45, 7) is 11.0. The summed E-state index contributed by atoms with van der Waals surface area (Å²) in [6, 6.07) is 2.16. The van der Waals surface area contributed by atoms with Crippen LogP contribution in [0.1, 0.15) is 55.3 Å². The van der Waals surface area contributed by atoms with Crippen LogP contribution in [-0.4, -0.2) is 4.98 Å².